The molecule has 37 heavy (non-hydrogen) atoms. The van der Waals surface area contributed by atoms with E-state index in [-0.39, 0.29) is 16.3 Å². The lowest BCUT2D eigenvalue weighted by Gasteiger charge is -2.43. The van der Waals surface area contributed by atoms with Crippen LogP contribution in [0.25, 0.3) is 0 Å². The molecule has 0 saturated carbocycles. The van der Waals surface area contributed by atoms with E-state index in [1.54, 1.807) is 0 Å². The summed E-state index contributed by atoms with van der Waals surface area (Å²) in [6.45, 7) is 10.4. The minimum Gasteiger partial charge on any atom is -0.407 e. The van der Waals surface area contributed by atoms with Gasteiger partial charge in [0.15, 0.2) is 5.12 Å². The smallest absolute Gasteiger partial charge is 0.261 e. The Morgan fingerprint density at radius 3 is 2.03 bits per heavy atom. The summed E-state index contributed by atoms with van der Waals surface area (Å²) in [5.41, 5.74) is 1.21. The second-order valence-electron chi connectivity index (χ2n) is 11.2. The Kier molecular flexibility index (Phi) is 9.46. The normalized spacial score (nSPS) is 18.5. The summed E-state index contributed by atoms with van der Waals surface area (Å²) < 4.78 is 13.2. The third-order valence-electron chi connectivity index (χ3n) is 7.37. The lowest BCUT2D eigenvalue weighted by Crippen LogP contribution is -2.66. The second-order valence-corrected chi connectivity index (χ2v) is 16.6. The highest BCUT2D eigenvalue weighted by molar-refractivity contribution is 8.13. The molecule has 1 heterocycles. The Balaban J connectivity index is 1.34. The molecule has 3 nitrogen and oxygen atoms in total. The zero-order valence-corrected chi connectivity index (χ0v) is 24.4. The van der Waals surface area contributed by atoms with Crippen LogP contribution in [0.5, 0.6) is 0 Å². The number of carbonyl (C=O) groups is 1. The molecule has 0 spiro atoms. The molecule has 0 amide bonds. The van der Waals surface area contributed by atoms with Crippen LogP contribution in [-0.4, -0.2) is 32.8 Å². The minimum atomic E-state index is -2.50. The molecule has 1 fully saturated rings. The van der Waals surface area contributed by atoms with Crippen LogP contribution in [0.4, 0.5) is 0 Å². The van der Waals surface area contributed by atoms with E-state index < -0.39 is 8.32 Å². The Morgan fingerprint density at radius 2 is 1.51 bits per heavy atom. The van der Waals surface area contributed by atoms with E-state index in [1.165, 1.54) is 27.7 Å². The van der Waals surface area contributed by atoms with Gasteiger partial charge in [-0.2, -0.15) is 0 Å². The third-order valence-corrected chi connectivity index (χ3v) is 13.3. The largest absolute Gasteiger partial charge is 0.407 e. The number of benzene rings is 3. The van der Waals surface area contributed by atoms with E-state index >= 15 is 0 Å². The summed E-state index contributed by atoms with van der Waals surface area (Å²) in [4.78, 5) is 13.6. The molecule has 0 aromatic heterocycles. The SMILES string of the molecule is Cc1ccc(SC(=O)C[C@H]2CC[C@@H](CCO[Si](c3ccccc3)(c3ccccc3)C(C)(C)C)CO2)cc1. The molecule has 0 bridgehead atoms. The maximum absolute atomic E-state index is 12.6. The molecule has 1 saturated heterocycles. The summed E-state index contributed by atoms with van der Waals surface area (Å²) in [5.74, 6) is 0.467. The van der Waals surface area contributed by atoms with E-state index in [0.29, 0.717) is 25.6 Å². The topological polar surface area (TPSA) is 35.5 Å². The number of hydrogen-bond acceptors (Lipinski definition) is 4. The first-order chi connectivity index (χ1) is 17.8. The van der Waals surface area contributed by atoms with Crippen LogP contribution in [0.3, 0.4) is 0 Å². The Bertz CT molecular complexity index is 1080. The molecule has 3 aromatic carbocycles. The van der Waals surface area contributed by atoms with Gasteiger partial charge in [-0.05, 0) is 59.6 Å². The molecule has 0 radical (unpaired) electrons. The van der Waals surface area contributed by atoms with E-state index in [2.05, 4.69) is 88.4 Å². The van der Waals surface area contributed by atoms with Gasteiger partial charge in [-0.15, -0.1) is 0 Å². The van der Waals surface area contributed by atoms with Crippen molar-refractivity contribution in [2.24, 2.45) is 5.92 Å². The molecule has 0 N–H and O–H groups in total. The van der Waals surface area contributed by atoms with Crippen molar-refractivity contribution in [1.82, 2.24) is 0 Å². The van der Waals surface area contributed by atoms with Crippen molar-refractivity contribution in [3.63, 3.8) is 0 Å². The lowest BCUT2D eigenvalue weighted by atomic mass is 9.95. The zero-order valence-electron chi connectivity index (χ0n) is 22.6. The monoisotopic (exact) mass is 532 g/mol. The van der Waals surface area contributed by atoms with Crippen LogP contribution in [-0.2, 0) is 14.0 Å². The highest BCUT2D eigenvalue weighted by Crippen LogP contribution is 2.37. The van der Waals surface area contributed by atoms with E-state index in [1.807, 2.05) is 24.3 Å². The molecule has 196 valence electrons. The van der Waals surface area contributed by atoms with E-state index in [4.69, 9.17) is 9.16 Å². The van der Waals surface area contributed by atoms with Gasteiger partial charge in [-0.3, -0.25) is 4.79 Å². The number of carbonyl (C=O) groups excluding carboxylic acids is 1. The number of hydrogen-bond donors (Lipinski definition) is 0. The van der Waals surface area contributed by atoms with Crippen molar-refractivity contribution in [3.8, 4) is 0 Å². The van der Waals surface area contributed by atoms with Crippen LogP contribution < -0.4 is 10.4 Å². The average molecular weight is 533 g/mol. The summed E-state index contributed by atoms with van der Waals surface area (Å²) >= 11 is 1.33. The van der Waals surface area contributed by atoms with Crippen LogP contribution >= 0.6 is 11.8 Å². The fourth-order valence-corrected chi connectivity index (χ4v) is 10.7. The first-order valence-corrected chi connectivity index (χ1v) is 16.1. The predicted octanol–water partition coefficient (Wildman–Crippen LogP) is 6.77. The van der Waals surface area contributed by atoms with Gasteiger partial charge < -0.3 is 9.16 Å². The van der Waals surface area contributed by atoms with Gasteiger partial charge in [0.25, 0.3) is 8.32 Å². The number of ether oxygens (including phenoxy) is 1. The lowest BCUT2D eigenvalue weighted by molar-refractivity contribution is -0.115. The fraction of sp³-hybridized carbons (Fsp3) is 0.406. The standard InChI is InChI=1S/C32H40O3SSi/c1-25-15-19-28(20-16-25)36-31(33)23-27-18-17-26(24-34-27)21-22-35-37(32(2,3)4,29-11-7-5-8-12-29)30-13-9-6-10-14-30/h5-16,19-20,26-27H,17-18,21-24H2,1-4H3/t26-,27+/m0/s1. The molecule has 0 aliphatic carbocycles. The first-order valence-electron chi connectivity index (χ1n) is 13.4. The minimum absolute atomic E-state index is 0.0145. The third kappa shape index (κ3) is 7.02. The van der Waals surface area contributed by atoms with Gasteiger partial charge in [-0.25, -0.2) is 0 Å². The van der Waals surface area contributed by atoms with Crippen LogP contribution in [0.15, 0.2) is 89.8 Å². The Labute approximate surface area is 228 Å². The zero-order chi connectivity index (χ0) is 26.3. The van der Waals surface area contributed by atoms with Gasteiger partial charge in [0.2, 0.25) is 0 Å². The summed E-state index contributed by atoms with van der Waals surface area (Å²) in [6.07, 6.45) is 3.49. The fourth-order valence-electron chi connectivity index (χ4n) is 5.35. The highest BCUT2D eigenvalue weighted by Gasteiger charge is 2.50. The van der Waals surface area contributed by atoms with Gasteiger partial charge in [0, 0.05) is 24.5 Å². The summed E-state index contributed by atoms with van der Waals surface area (Å²) in [5, 5.41) is 2.80. The molecule has 1 aliphatic heterocycles. The van der Waals surface area contributed by atoms with E-state index in [9.17, 15) is 4.79 Å². The van der Waals surface area contributed by atoms with Gasteiger partial charge in [0.1, 0.15) is 0 Å². The quantitative estimate of drug-likeness (QED) is 0.225. The molecule has 5 heteroatoms. The number of rotatable bonds is 9. The highest BCUT2D eigenvalue weighted by atomic mass is 32.2. The van der Waals surface area contributed by atoms with Gasteiger partial charge >= 0.3 is 0 Å². The van der Waals surface area contributed by atoms with Gasteiger partial charge in [0.05, 0.1) is 6.10 Å². The summed E-state index contributed by atoms with van der Waals surface area (Å²) in [6, 6.07) is 29.8. The van der Waals surface area contributed by atoms with Crippen molar-refractivity contribution >= 4 is 35.6 Å². The van der Waals surface area contributed by atoms with Crippen LogP contribution in [0.1, 0.15) is 52.0 Å². The van der Waals surface area contributed by atoms with Crippen LogP contribution in [0.2, 0.25) is 5.04 Å². The summed E-state index contributed by atoms with van der Waals surface area (Å²) in [7, 11) is -2.50. The molecule has 0 unspecified atom stereocenters. The Hall–Kier alpha value is -2.18. The average Bonchev–Trinajstić information content (AvgIpc) is 2.89. The van der Waals surface area contributed by atoms with E-state index in [0.717, 1.165) is 24.2 Å². The van der Waals surface area contributed by atoms with Crippen LogP contribution in [0, 0.1) is 12.8 Å². The number of thioether (sulfide) groups is 1. The van der Waals surface area contributed by atoms with Crippen molar-refractivity contribution in [2.45, 2.75) is 69.4 Å². The molecule has 1 aliphatic rings. The van der Waals surface area contributed by atoms with Crippen molar-refractivity contribution in [2.75, 3.05) is 13.2 Å². The van der Waals surface area contributed by atoms with Crippen molar-refractivity contribution < 1.29 is 14.0 Å². The van der Waals surface area contributed by atoms with Gasteiger partial charge in [-0.1, -0.05) is 111 Å². The van der Waals surface area contributed by atoms with Crippen molar-refractivity contribution in [1.29, 1.82) is 0 Å². The molecule has 4 rings (SSSR count). The Morgan fingerprint density at radius 1 is 0.919 bits per heavy atom. The van der Waals surface area contributed by atoms with Crippen molar-refractivity contribution in [3.05, 3.63) is 90.5 Å². The second kappa shape index (κ2) is 12.6. The first kappa shape index (κ1) is 27.8. The molecular weight excluding hydrogens is 493 g/mol. The molecule has 2 atom stereocenters. The predicted molar refractivity (Wildman–Crippen MR) is 157 cm³/mol. The molecular formula is C32H40O3SSi. The number of aryl methyl sites for hydroxylation is 1. The maximum atomic E-state index is 12.6. The maximum Gasteiger partial charge on any atom is 0.261 e. The molecule has 3 aromatic rings.